The fraction of sp³-hybridized carbons (Fsp3) is 0.400. The largest absolute Gasteiger partial charge is 0.591 e. The van der Waals surface area contributed by atoms with Crippen LogP contribution in [0.1, 0.15) is 13.8 Å². The fourth-order valence-corrected chi connectivity index (χ4v) is 0.545. The second kappa shape index (κ2) is 3.57. The van der Waals surface area contributed by atoms with Crippen molar-refractivity contribution in [3.05, 3.63) is 17.1 Å². The number of rotatable bonds is 1. The molecule has 0 heterocycles. The Labute approximate surface area is 49.4 Å². The molecule has 0 aromatic heterocycles. The van der Waals surface area contributed by atoms with Gasteiger partial charge in [0.25, 0.3) is 0 Å². The first-order chi connectivity index (χ1) is 3.63. The van der Waals surface area contributed by atoms with E-state index in [9.17, 15) is 9.46 Å². The zero-order valence-corrected chi connectivity index (χ0v) is 5.74. The molecule has 0 amide bonds. The summed E-state index contributed by atoms with van der Waals surface area (Å²) in [5, 5.41) is 0. The normalized spacial score (nSPS) is 9.62. The highest BCUT2D eigenvalue weighted by Crippen LogP contribution is 2.06. The molecule has 44 valence electrons. The van der Waals surface area contributed by atoms with Crippen molar-refractivity contribution in [1.29, 1.82) is 0 Å². The van der Waals surface area contributed by atoms with E-state index in [1.54, 1.807) is 13.8 Å². The number of hydrogen-bond donors (Lipinski definition) is 0. The van der Waals surface area contributed by atoms with Gasteiger partial charge < -0.3 is 4.89 Å². The molecule has 0 aliphatic heterocycles. The highest BCUT2D eigenvalue weighted by Gasteiger charge is 1.83. The molecular weight excluding hydrogens is 123 g/mol. The summed E-state index contributed by atoms with van der Waals surface area (Å²) in [4.78, 5) is 9.81. The summed E-state index contributed by atoms with van der Waals surface area (Å²) in [5.74, 6) is 1.03. The van der Waals surface area contributed by atoms with E-state index in [1.165, 1.54) is 0 Å². The highest BCUT2D eigenvalue weighted by molar-refractivity contribution is 7.40. The molecule has 0 aliphatic rings. The topological polar surface area (TPSA) is 40.1 Å². The average Bonchev–Trinajstić information content (AvgIpc) is 1.61. The van der Waals surface area contributed by atoms with Gasteiger partial charge in [0.05, 0.1) is 0 Å². The van der Waals surface area contributed by atoms with Gasteiger partial charge in [-0.25, -0.2) is 0 Å². The van der Waals surface area contributed by atoms with Gasteiger partial charge in [-0.2, -0.15) is 0 Å². The Morgan fingerprint density at radius 3 is 2.38 bits per heavy atom. The average molecular weight is 130 g/mol. The highest BCUT2D eigenvalue weighted by atomic mass is 31.1. The summed E-state index contributed by atoms with van der Waals surface area (Å²) in [6.07, 6.45) is 0. The molecule has 1 atom stereocenters. The van der Waals surface area contributed by atoms with Gasteiger partial charge in [0.15, 0.2) is 5.82 Å². The summed E-state index contributed by atoms with van der Waals surface area (Å²) < 4.78 is 9.81. The Balaban J connectivity index is 4.03. The van der Waals surface area contributed by atoms with Gasteiger partial charge in [0.2, 0.25) is 0 Å². The summed E-state index contributed by atoms with van der Waals surface area (Å²) in [6.45, 7) is 3.57. The van der Waals surface area contributed by atoms with Crippen molar-refractivity contribution >= 4 is 8.03 Å². The van der Waals surface area contributed by atoms with E-state index >= 15 is 0 Å². The van der Waals surface area contributed by atoms with Crippen LogP contribution in [0.5, 0.6) is 0 Å². The zero-order chi connectivity index (χ0) is 6.57. The van der Waals surface area contributed by atoms with Crippen LogP contribution in [0.4, 0.5) is 0 Å². The van der Waals surface area contributed by atoms with E-state index in [0.717, 1.165) is 11.4 Å². The van der Waals surface area contributed by atoms with Crippen molar-refractivity contribution < 1.29 is 9.46 Å². The lowest BCUT2D eigenvalue weighted by Crippen LogP contribution is -1.78. The molecule has 0 N–H and O–H groups in total. The summed E-state index contributed by atoms with van der Waals surface area (Å²) in [6, 6.07) is 0. The SMILES string of the molecule is CC(C)=C=C[P+](=O)[O-]. The Morgan fingerprint density at radius 2 is 2.25 bits per heavy atom. The van der Waals surface area contributed by atoms with Crippen LogP contribution in [0.15, 0.2) is 17.1 Å². The third-order valence-electron chi connectivity index (χ3n) is 0.459. The molecule has 0 spiro atoms. The van der Waals surface area contributed by atoms with Crippen molar-refractivity contribution in [1.82, 2.24) is 0 Å². The van der Waals surface area contributed by atoms with Crippen molar-refractivity contribution in [2.45, 2.75) is 13.8 Å². The molecule has 0 aliphatic carbocycles. The van der Waals surface area contributed by atoms with Gasteiger partial charge in [0, 0.05) is 0 Å². The van der Waals surface area contributed by atoms with Crippen molar-refractivity contribution in [3.63, 3.8) is 0 Å². The molecule has 3 heteroatoms. The zero-order valence-electron chi connectivity index (χ0n) is 4.84. The molecule has 0 saturated heterocycles. The van der Waals surface area contributed by atoms with E-state index in [0.29, 0.717) is 0 Å². The van der Waals surface area contributed by atoms with E-state index in [2.05, 4.69) is 5.73 Å². The lowest BCUT2D eigenvalue weighted by Gasteiger charge is -1.72. The lowest BCUT2D eigenvalue weighted by molar-refractivity contribution is -0.161. The fourth-order valence-electron chi connectivity index (χ4n) is 0.182. The van der Waals surface area contributed by atoms with E-state index in [-0.39, 0.29) is 0 Å². The van der Waals surface area contributed by atoms with Crippen LogP contribution in [-0.2, 0) is 4.57 Å². The van der Waals surface area contributed by atoms with Gasteiger partial charge >= 0.3 is 8.03 Å². The third-order valence-corrected chi connectivity index (χ3v) is 0.799. The van der Waals surface area contributed by atoms with E-state index < -0.39 is 8.03 Å². The van der Waals surface area contributed by atoms with Crippen LogP contribution in [0, 0.1) is 0 Å². The van der Waals surface area contributed by atoms with Crippen LogP contribution >= 0.6 is 8.03 Å². The van der Waals surface area contributed by atoms with Gasteiger partial charge in [-0.05, 0) is 19.4 Å². The van der Waals surface area contributed by atoms with Crippen LogP contribution in [0.2, 0.25) is 0 Å². The Bertz CT molecular complexity index is 150. The number of hydrogen-bond acceptors (Lipinski definition) is 2. The van der Waals surface area contributed by atoms with Crippen LogP contribution < -0.4 is 4.89 Å². The second-order valence-corrected chi connectivity index (χ2v) is 2.39. The van der Waals surface area contributed by atoms with E-state index in [1.807, 2.05) is 0 Å². The van der Waals surface area contributed by atoms with Gasteiger partial charge in [0.1, 0.15) is 0 Å². The molecule has 0 bridgehead atoms. The van der Waals surface area contributed by atoms with Gasteiger partial charge in [-0.15, -0.1) is 0 Å². The molecular formula is C5H7O2P. The maximum Gasteiger partial charge on any atom is 0.349 e. The quantitative estimate of drug-likeness (QED) is 0.394. The minimum Gasteiger partial charge on any atom is -0.591 e. The molecule has 0 aromatic carbocycles. The van der Waals surface area contributed by atoms with Gasteiger partial charge in [-0.1, -0.05) is 10.3 Å². The predicted octanol–water partition coefficient (Wildman–Crippen LogP) is 1.17. The Morgan fingerprint density at radius 1 is 1.75 bits per heavy atom. The smallest absolute Gasteiger partial charge is 0.349 e. The summed E-state index contributed by atoms with van der Waals surface area (Å²) in [7, 11) is -2.39. The van der Waals surface area contributed by atoms with Crippen molar-refractivity contribution in [3.8, 4) is 0 Å². The summed E-state index contributed by atoms with van der Waals surface area (Å²) >= 11 is 0. The number of allylic oxidation sites excluding steroid dienone is 1. The first kappa shape index (κ1) is 7.58. The molecule has 8 heavy (non-hydrogen) atoms. The monoisotopic (exact) mass is 130 g/mol. The van der Waals surface area contributed by atoms with Crippen molar-refractivity contribution in [2.75, 3.05) is 0 Å². The lowest BCUT2D eigenvalue weighted by atomic mass is 10.4. The third kappa shape index (κ3) is 5.58. The van der Waals surface area contributed by atoms with Crippen molar-refractivity contribution in [2.24, 2.45) is 0 Å². The van der Waals surface area contributed by atoms with Crippen LogP contribution in [0.25, 0.3) is 0 Å². The molecule has 0 aromatic rings. The maximum absolute atomic E-state index is 9.81. The standard InChI is InChI=1S/C5H7O2P/c1-5(2)3-4-8(6)7/h4H,1-2H3. The Kier molecular flexibility index (Phi) is 3.38. The van der Waals surface area contributed by atoms with Crippen LogP contribution in [-0.4, -0.2) is 0 Å². The minimum atomic E-state index is -2.39. The molecule has 2 nitrogen and oxygen atoms in total. The second-order valence-electron chi connectivity index (χ2n) is 1.56. The minimum absolute atomic E-state index is 0.865. The maximum atomic E-state index is 9.81. The Hall–Kier alpha value is -0.420. The molecule has 1 unspecified atom stereocenters. The first-order valence-electron chi connectivity index (χ1n) is 2.16. The molecule has 0 radical (unpaired) electrons. The van der Waals surface area contributed by atoms with Gasteiger partial charge in [-0.3, -0.25) is 0 Å². The molecule has 0 saturated carbocycles. The molecule has 0 fully saturated rings. The predicted molar refractivity (Wildman–Crippen MR) is 30.6 cm³/mol. The van der Waals surface area contributed by atoms with Crippen LogP contribution in [0.3, 0.4) is 0 Å². The van der Waals surface area contributed by atoms with E-state index in [4.69, 9.17) is 0 Å². The molecule has 0 rings (SSSR count). The summed E-state index contributed by atoms with van der Waals surface area (Å²) in [5.41, 5.74) is 3.41. The first-order valence-corrected chi connectivity index (χ1v) is 3.41.